The molecule has 0 aliphatic heterocycles. The molecule has 0 aliphatic rings. The van der Waals surface area contributed by atoms with E-state index < -0.39 is 45.8 Å². The minimum atomic E-state index is -4.72. The zero-order valence-electron chi connectivity index (χ0n) is 19.8. The molecule has 3 rings (SSSR count). The second-order valence-electron chi connectivity index (χ2n) is 8.12. The van der Waals surface area contributed by atoms with Crippen LogP contribution in [0.1, 0.15) is 30.0 Å². The van der Waals surface area contributed by atoms with Crippen molar-refractivity contribution in [2.75, 3.05) is 20.0 Å². The summed E-state index contributed by atoms with van der Waals surface area (Å²) in [6.07, 6.45) is -4.47. The van der Waals surface area contributed by atoms with Crippen LogP contribution < -0.4 is 10.4 Å². The van der Waals surface area contributed by atoms with Crippen LogP contribution in [0, 0.1) is 0 Å². The van der Waals surface area contributed by atoms with Crippen molar-refractivity contribution in [1.82, 2.24) is 19.1 Å². The topological polar surface area (TPSA) is 112 Å². The third kappa shape index (κ3) is 7.74. The molecule has 9 nitrogen and oxygen atoms in total. The lowest BCUT2D eigenvalue weighted by atomic mass is 9.96. The third-order valence-corrected chi connectivity index (χ3v) is 7.21. The largest absolute Gasteiger partial charge is 0.416 e. The van der Waals surface area contributed by atoms with E-state index in [2.05, 4.69) is 9.82 Å². The van der Waals surface area contributed by atoms with E-state index in [4.69, 9.17) is 16.3 Å². The van der Waals surface area contributed by atoms with Crippen LogP contribution in [-0.4, -0.2) is 48.5 Å². The van der Waals surface area contributed by atoms with Gasteiger partial charge in [-0.25, -0.2) is 22.6 Å². The molecular formula is C22H24ClF3N4O5S2. The quantitative estimate of drug-likeness (QED) is 0.349. The van der Waals surface area contributed by atoms with Crippen LogP contribution >= 0.6 is 22.9 Å². The van der Waals surface area contributed by atoms with Crippen LogP contribution in [0.5, 0.6) is 0 Å². The van der Waals surface area contributed by atoms with Gasteiger partial charge in [-0.15, -0.1) is 16.4 Å². The molecule has 1 aromatic carbocycles. The van der Waals surface area contributed by atoms with Gasteiger partial charge in [-0.1, -0.05) is 29.8 Å². The second-order valence-corrected chi connectivity index (χ2v) is 11.6. The van der Waals surface area contributed by atoms with Gasteiger partial charge in [0.1, 0.15) is 6.54 Å². The van der Waals surface area contributed by atoms with E-state index in [0.717, 1.165) is 23.1 Å². The molecule has 0 amide bonds. The number of aromatic nitrogens is 3. The van der Waals surface area contributed by atoms with Crippen molar-refractivity contribution in [2.45, 2.75) is 38.1 Å². The number of methoxy groups -OCH3 is 1. The summed E-state index contributed by atoms with van der Waals surface area (Å²) >= 11 is 7.20. The molecule has 15 heteroatoms. The van der Waals surface area contributed by atoms with E-state index in [0.29, 0.717) is 15.0 Å². The van der Waals surface area contributed by atoms with E-state index in [-0.39, 0.29) is 31.6 Å². The van der Waals surface area contributed by atoms with Crippen LogP contribution in [0.2, 0.25) is 4.34 Å². The lowest BCUT2D eigenvalue weighted by molar-refractivity contribution is -0.138. The minimum absolute atomic E-state index is 0.170. The van der Waals surface area contributed by atoms with Gasteiger partial charge in [0.2, 0.25) is 10.0 Å². The number of ether oxygens (including phenoxy) is 1. The first-order chi connectivity index (χ1) is 17.3. The van der Waals surface area contributed by atoms with Crippen molar-refractivity contribution in [2.24, 2.45) is 0 Å². The number of nitrogens with one attached hydrogen (secondary N) is 1. The number of rotatable bonds is 12. The van der Waals surface area contributed by atoms with Gasteiger partial charge < -0.3 is 4.74 Å². The smallest absolute Gasteiger partial charge is 0.383 e. The third-order valence-electron chi connectivity index (χ3n) is 5.27. The van der Waals surface area contributed by atoms with Gasteiger partial charge in [0.15, 0.2) is 11.6 Å². The fourth-order valence-corrected chi connectivity index (χ4v) is 5.49. The number of nitrogens with zero attached hydrogens (tertiary/aromatic N) is 3. The number of carbonyl (C=O) groups excluding carboxylic acids is 1. The number of carbonyl (C=O) groups is 1. The molecule has 1 atom stereocenters. The molecule has 0 bridgehead atoms. The van der Waals surface area contributed by atoms with E-state index >= 15 is 0 Å². The molecule has 202 valence electrons. The minimum Gasteiger partial charge on any atom is -0.383 e. The molecule has 0 saturated carbocycles. The summed E-state index contributed by atoms with van der Waals surface area (Å²) in [5.41, 5.74) is -1.87. The number of alkyl halides is 3. The van der Waals surface area contributed by atoms with Crippen LogP contribution in [0.15, 0.2) is 41.2 Å². The average Bonchev–Trinajstić information content (AvgIpc) is 3.37. The normalized spacial score (nSPS) is 13.1. The van der Waals surface area contributed by atoms with Gasteiger partial charge in [0.05, 0.1) is 34.2 Å². The molecule has 37 heavy (non-hydrogen) atoms. The molecule has 2 heterocycles. The molecule has 3 aromatic rings. The van der Waals surface area contributed by atoms with Gasteiger partial charge >= 0.3 is 11.9 Å². The van der Waals surface area contributed by atoms with Gasteiger partial charge in [-0.3, -0.25) is 9.36 Å². The van der Waals surface area contributed by atoms with E-state index in [1.807, 2.05) is 0 Å². The Bertz CT molecular complexity index is 1420. The Labute approximate surface area is 219 Å². The standard InChI is InChI=1S/C22H24ClF3N4O5S2/c1-35-12-11-29-20(18-9-10-19(23)36-18)27-30(21(29)32)13-14(31)7-8-17(28-37(2,33)34)15-5-3-4-6-16(15)22(24,25)26/h3-6,9-10,17,28H,7-8,11-13H2,1-2H3. The van der Waals surface area contributed by atoms with E-state index in [1.54, 1.807) is 12.1 Å². The first kappa shape index (κ1) is 29.0. The summed E-state index contributed by atoms with van der Waals surface area (Å²) < 4.78 is 74.3. The maximum atomic E-state index is 13.5. The van der Waals surface area contributed by atoms with Crippen molar-refractivity contribution >= 4 is 38.7 Å². The second kappa shape index (κ2) is 11.9. The average molecular weight is 581 g/mol. The Balaban J connectivity index is 1.83. The summed E-state index contributed by atoms with van der Waals surface area (Å²) in [5, 5.41) is 4.26. The first-order valence-corrected chi connectivity index (χ1v) is 14.0. The summed E-state index contributed by atoms with van der Waals surface area (Å²) in [5.74, 6) is -0.221. The summed E-state index contributed by atoms with van der Waals surface area (Å²) in [6.45, 7) is -0.0660. The van der Waals surface area contributed by atoms with E-state index in [1.165, 1.54) is 35.1 Å². The maximum Gasteiger partial charge on any atom is 0.416 e. The van der Waals surface area contributed by atoms with Crippen molar-refractivity contribution in [3.05, 3.63) is 62.3 Å². The highest BCUT2D eigenvalue weighted by Crippen LogP contribution is 2.36. The van der Waals surface area contributed by atoms with Gasteiger partial charge in [0, 0.05) is 19.6 Å². The lowest BCUT2D eigenvalue weighted by Crippen LogP contribution is -2.31. The van der Waals surface area contributed by atoms with Crippen molar-refractivity contribution < 1.29 is 31.1 Å². The molecule has 0 fully saturated rings. The highest BCUT2D eigenvalue weighted by Gasteiger charge is 2.35. The van der Waals surface area contributed by atoms with Crippen LogP contribution in [0.25, 0.3) is 10.7 Å². The molecule has 1 unspecified atom stereocenters. The van der Waals surface area contributed by atoms with Gasteiger partial charge in [-0.05, 0) is 30.2 Å². The Morgan fingerprint density at radius 3 is 2.54 bits per heavy atom. The predicted octanol–water partition coefficient (Wildman–Crippen LogP) is 3.73. The number of hydrogen-bond donors (Lipinski definition) is 1. The van der Waals surface area contributed by atoms with Crippen molar-refractivity contribution in [3.8, 4) is 10.7 Å². The first-order valence-electron chi connectivity index (χ1n) is 10.9. The maximum absolute atomic E-state index is 13.5. The predicted molar refractivity (Wildman–Crippen MR) is 133 cm³/mol. The number of halogens is 4. The van der Waals surface area contributed by atoms with Gasteiger partial charge in [-0.2, -0.15) is 13.2 Å². The highest BCUT2D eigenvalue weighted by atomic mass is 35.5. The van der Waals surface area contributed by atoms with Gasteiger partial charge in [0.25, 0.3) is 0 Å². The number of ketones is 1. The molecule has 0 spiro atoms. The fraction of sp³-hybridized carbons (Fsp3) is 0.409. The molecular weight excluding hydrogens is 557 g/mol. The number of Topliss-reactive ketones (excluding diaryl/α,β-unsaturated/α-hetero) is 1. The Morgan fingerprint density at radius 2 is 1.95 bits per heavy atom. The molecule has 0 radical (unpaired) electrons. The Morgan fingerprint density at radius 1 is 1.24 bits per heavy atom. The van der Waals surface area contributed by atoms with Crippen molar-refractivity contribution in [1.29, 1.82) is 0 Å². The number of benzene rings is 1. The highest BCUT2D eigenvalue weighted by molar-refractivity contribution is 7.88. The van der Waals surface area contributed by atoms with Crippen LogP contribution in [0.4, 0.5) is 13.2 Å². The molecule has 2 aromatic heterocycles. The molecule has 1 N–H and O–H groups in total. The summed E-state index contributed by atoms with van der Waals surface area (Å²) in [6, 6.07) is 6.58. The fourth-order valence-electron chi connectivity index (χ4n) is 3.69. The van der Waals surface area contributed by atoms with E-state index in [9.17, 15) is 31.2 Å². The zero-order chi connectivity index (χ0) is 27.4. The van der Waals surface area contributed by atoms with Crippen molar-refractivity contribution in [3.63, 3.8) is 0 Å². The zero-order valence-corrected chi connectivity index (χ0v) is 22.2. The Hall–Kier alpha value is -2.52. The number of thiophene rings is 1. The number of hydrogen-bond acceptors (Lipinski definition) is 7. The lowest BCUT2D eigenvalue weighted by Gasteiger charge is -2.22. The molecule has 0 saturated heterocycles. The summed E-state index contributed by atoms with van der Waals surface area (Å²) in [7, 11) is -2.44. The molecule has 0 aliphatic carbocycles. The van der Waals surface area contributed by atoms with Crippen LogP contribution in [-0.2, 0) is 38.8 Å². The summed E-state index contributed by atoms with van der Waals surface area (Å²) in [4.78, 5) is 26.3. The monoisotopic (exact) mass is 580 g/mol. The number of sulfonamides is 1. The SMILES string of the molecule is COCCn1c(-c2ccc(Cl)s2)nn(CC(=O)CCC(NS(C)(=O)=O)c2ccccc2C(F)(F)F)c1=O. The van der Waals surface area contributed by atoms with Crippen LogP contribution in [0.3, 0.4) is 0 Å². The Kier molecular flexibility index (Phi) is 9.34.